The number of nitrogens with one attached hydrogen (secondary N) is 1. The number of fused-ring (bicyclic) bond motifs is 1. The Morgan fingerprint density at radius 2 is 2.12 bits per heavy atom. The number of hydrogen-bond donors (Lipinski definition) is 1. The monoisotopic (exact) mass is 465 g/mol. The number of rotatable bonds is 5. The summed E-state index contributed by atoms with van der Waals surface area (Å²) in [5.41, 5.74) is 2.11. The minimum atomic E-state index is -3.93. The number of anilines is 2. The molecule has 2 aromatic heterocycles. The van der Waals surface area contributed by atoms with E-state index in [4.69, 9.17) is 0 Å². The highest BCUT2D eigenvalue weighted by atomic mass is 32.2. The number of allylic oxidation sites excluding steroid dienone is 1. The Bertz CT molecular complexity index is 1200. The standard InChI is InChI=1S/C20H21F2N5O4S/c1-26-18-17(27(32(26,29)30)11-13-10-20(13,21)22)7-6-15(24-18)12-2-4-14(5-3-12)23-19(28)16-8-9-31-25-16/h2,6-9,13-14H,3-5,10-11H2,1H3,(H,23,28). The normalized spacial score (nSPS) is 25.3. The van der Waals surface area contributed by atoms with Crippen molar-refractivity contribution in [1.82, 2.24) is 15.5 Å². The van der Waals surface area contributed by atoms with Crippen molar-refractivity contribution in [3.8, 4) is 0 Å². The van der Waals surface area contributed by atoms with Gasteiger partial charge in [-0.1, -0.05) is 11.2 Å². The summed E-state index contributed by atoms with van der Waals surface area (Å²) < 4.78 is 59.0. The lowest BCUT2D eigenvalue weighted by Gasteiger charge is -2.22. The molecule has 12 heteroatoms. The first kappa shape index (κ1) is 20.9. The lowest BCUT2D eigenvalue weighted by atomic mass is 9.93. The third-order valence-corrected chi connectivity index (χ3v) is 7.90. The number of aromatic nitrogens is 2. The van der Waals surface area contributed by atoms with Gasteiger partial charge in [0.1, 0.15) is 6.26 Å². The van der Waals surface area contributed by atoms with Crippen molar-refractivity contribution in [1.29, 1.82) is 0 Å². The van der Waals surface area contributed by atoms with Gasteiger partial charge in [-0.25, -0.2) is 22.4 Å². The maximum Gasteiger partial charge on any atom is 0.327 e. The van der Waals surface area contributed by atoms with E-state index in [0.29, 0.717) is 30.6 Å². The lowest BCUT2D eigenvalue weighted by molar-refractivity contribution is 0.0925. The maximum atomic E-state index is 13.4. The smallest absolute Gasteiger partial charge is 0.327 e. The van der Waals surface area contributed by atoms with Crippen LogP contribution in [0.25, 0.3) is 5.57 Å². The van der Waals surface area contributed by atoms with Crippen LogP contribution >= 0.6 is 0 Å². The molecule has 3 aliphatic rings. The molecule has 1 saturated carbocycles. The van der Waals surface area contributed by atoms with Crippen molar-refractivity contribution >= 4 is 33.2 Å². The van der Waals surface area contributed by atoms with Crippen LogP contribution in [0.3, 0.4) is 0 Å². The highest BCUT2D eigenvalue weighted by Crippen LogP contribution is 2.51. The Morgan fingerprint density at radius 1 is 1.34 bits per heavy atom. The molecule has 2 unspecified atom stereocenters. The highest BCUT2D eigenvalue weighted by Gasteiger charge is 2.59. The molecule has 5 rings (SSSR count). The fourth-order valence-electron chi connectivity index (χ4n) is 4.07. The molecule has 2 atom stereocenters. The highest BCUT2D eigenvalue weighted by molar-refractivity contribution is 7.94. The third-order valence-electron chi connectivity index (χ3n) is 6.13. The van der Waals surface area contributed by atoms with Crippen molar-refractivity contribution in [2.45, 2.75) is 37.6 Å². The average molecular weight is 465 g/mol. The molecule has 170 valence electrons. The zero-order valence-electron chi connectivity index (χ0n) is 17.2. The molecule has 2 aromatic rings. The van der Waals surface area contributed by atoms with Crippen LogP contribution in [0, 0.1) is 5.92 Å². The first-order chi connectivity index (χ1) is 15.2. The van der Waals surface area contributed by atoms with Crippen LogP contribution in [0.5, 0.6) is 0 Å². The Balaban J connectivity index is 1.32. The number of amides is 1. The summed E-state index contributed by atoms with van der Waals surface area (Å²) in [6.45, 7) is -0.261. The van der Waals surface area contributed by atoms with Crippen LogP contribution in [-0.4, -0.2) is 50.0 Å². The Labute approximate surface area is 183 Å². The second-order valence-corrected chi connectivity index (χ2v) is 10.2. The van der Waals surface area contributed by atoms with Crippen LogP contribution in [0.1, 0.15) is 41.9 Å². The molecular weight excluding hydrogens is 444 g/mol. The zero-order chi connectivity index (χ0) is 22.7. The first-order valence-electron chi connectivity index (χ1n) is 10.2. The number of pyridine rings is 1. The van der Waals surface area contributed by atoms with E-state index in [1.807, 2.05) is 6.08 Å². The van der Waals surface area contributed by atoms with E-state index in [9.17, 15) is 22.0 Å². The quantitative estimate of drug-likeness (QED) is 0.727. The molecule has 1 aliphatic heterocycles. The Kier molecular flexibility index (Phi) is 4.73. The van der Waals surface area contributed by atoms with Gasteiger partial charge in [-0.15, -0.1) is 0 Å². The van der Waals surface area contributed by atoms with Crippen molar-refractivity contribution in [3.05, 3.63) is 41.9 Å². The SMILES string of the molecule is CN1c2nc(C3=CCC(NC(=O)c4ccon4)CC3)ccc2N(CC2CC2(F)F)S1(=O)=O. The molecule has 2 aliphatic carbocycles. The van der Waals surface area contributed by atoms with Crippen molar-refractivity contribution in [2.24, 2.45) is 5.92 Å². The van der Waals surface area contributed by atoms with E-state index in [2.05, 4.69) is 20.0 Å². The zero-order valence-corrected chi connectivity index (χ0v) is 18.0. The van der Waals surface area contributed by atoms with E-state index >= 15 is 0 Å². The summed E-state index contributed by atoms with van der Waals surface area (Å²) in [6, 6.07) is 4.77. The minimum Gasteiger partial charge on any atom is -0.364 e. The topological polar surface area (TPSA) is 109 Å². The molecule has 1 fully saturated rings. The molecule has 0 spiro atoms. The third kappa shape index (κ3) is 3.51. The van der Waals surface area contributed by atoms with Gasteiger partial charge in [-0.2, -0.15) is 8.42 Å². The molecule has 0 radical (unpaired) electrons. The van der Waals surface area contributed by atoms with E-state index in [1.54, 1.807) is 12.1 Å². The predicted molar refractivity (Wildman–Crippen MR) is 112 cm³/mol. The maximum absolute atomic E-state index is 13.4. The lowest BCUT2D eigenvalue weighted by Crippen LogP contribution is -2.37. The molecule has 9 nitrogen and oxygen atoms in total. The van der Waals surface area contributed by atoms with Crippen molar-refractivity contribution < 1.29 is 26.5 Å². The number of carbonyl (C=O) groups is 1. The van der Waals surface area contributed by atoms with Gasteiger partial charge in [0.15, 0.2) is 11.5 Å². The molecule has 0 aromatic carbocycles. The van der Waals surface area contributed by atoms with Gasteiger partial charge in [0.25, 0.3) is 11.8 Å². The Morgan fingerprint density at radius 3 is 2.75 bits per heavy atom. The number of carbonyl (C=O) groups excluding carboxylic acids is 1. The van der Waals surface area contributed by atoms with Crippen LogP contribution in [0.4, 0.5) is 20.3 Å². The number of nitrogens with zero attached hydrogens (tertiary/aromatic N) is 4. The van der Waals surface area contributed by atoms with Gasteiger partial charge in [0.2, 0.25) is 0 Å². The van der Waals surface area contributed by atoms with Crippen molar-refractivity contribution in [2.75, 3.05) is 22.2 Å². The van der Waals surface area contributed by atoms with E-state index in [1.165, 1.54) is 19.4 Å². The van der Waals surface area contributed by atoms with E-state index < -0.39 is 22.0 Å². The molecule has 1 amide bonds. The van der Waals surface area contributed by atoms with Gasteiger partial charge < -0.3 is 9.84 Å². The average Bonchev–Trinajstić information content (AvgIpc) is 3.10. The fourth-order valence-corrected chi connectivity index (χ4v) is 5.48. The molecular formula is C20H21F2N5O4S. The van der Waals surface area contributed by atoms with Crippen LogP contribution in [0.15, 0.2) is 35.1 Å². The second-order valence-electron chi connectivity index (χ2n) is 8.27. The van der Waals surface area contributed by atoms with Gasteiger partial charge >= 0.3 is 10.2 Å². The van der Waals surface area contributed by atoms with Gasteiger partial charge in [0.05, 0.1) is 11.4 Å². The molecule has 1 N–H and O–H groups in total. The fraction of sp³-hybridized carbons (Fsp3) is 0.450. The van der Waals surface area contributed by atoms with E-state index in [-0.39, 0.29) is 36.4 Å². The van der Waals surface area contributed by atoms with Gasteiger partial charge in [-0.05, 0) is 37.0 Å². The summed E-state index contributed by atoms with van der Waals surface area (Å²) in [5, 5.41) is 6.53. The molecule has 0 bridgehead atoms. The van der Waals surface area contributed by atoms with Gasteiger partial charge in [0, 0.05) is 38.0 Å². The van der Waals surface area contributed by atoms with Crippen LogP contribution in [-0.2, 0) is 10.2 Å². The van der Waals surface area contributed by atoms with E-state index in [0.717, 1.165) is 14.2 Å². The van der Waals surface area contributed by atoms with Crippen molar-refractivity contribution in [3.63, 3.8) is 0 Å². The number of halogens is 2. The molecule has 0 saturated heterocycles. The number of alkyl halides is 2. The first-order valence-corrected chi connectivity index (χ1v) is 11.6. The summed E-state index contributed by atoms with van der Waals surface area (Å²) in [7, 11) is -2.56. The summed E-state index contributed by atoms with van der Waals surface area (Å²) in [6.07, 6.45) is 4.93. The Hall–Kier alpha value is -3.02. The van der Waals surface area contributed by atoms with Gasteiger partial charge in [-0.3, -0.25) is 4.79 Å². The molecule has 3 heterocycles. The predicted octanol–water partition coefficient (Wildman–Crippen LogP) is 2.59. The van der Waals surface area contributed by atoms with Crippen LogP contribution in [0.2, 0.25) is 0 Å². The summed E-state index contributed by atoms with van der Waals surface area (Å²) in [4.78, 5) is 16.7. The summed E-state index contributed by atoms with van der Waals surface area (Å²) >= 11 is 0. The largest absolute Gasteiger partial charge is 0.364 e. The minimum absolute atomic E-state index is 0.0591. The second kappa shape index (κ2) is 7.26. The number of hydrogen-bond acceptors (Lipinski definition) is 6. The summed E-state index contributed by atoms with van der Waals surface area (Å²) in [5.74, 6) is -3.85. The van der Waals surface area contributed by atoms with Crippen LogP contribution < -0.4 is 13.9 Å². The molecule has 32 heavy (non-hydrogen) atoms.